The van der Waals surface area contributed by atoms with E-state index in [0.717, 1.165) is 0 Å². The van der Waals surface area contributed by atoms with Gasteiger partial charge < -0.3 is 9.32 Å². The molecular weight excluding hydrogens is 292 g/mol. The third-order valence-electron chi connectivity index (χ3n) is 3.44. The summed E-state index contributed by atoms with van der Waals surface area (Å²) in [5.41, 5.74) is 1.76. The summed E-state index contributed by atoms with van der Waals surface area (Å²) >= 11 is 1.25. The Morgan fingerprint density at radius 2 is 2.29 bits per heavy atom. The van der Waals surface area contributed by atoms with E-state index in [-0.39, 0.29) is 16.9 Å². The van der Waals surface area contributed by atoms with E-state index in [9.17, 15) is 14.4 Å². The van der Waals surface area contributed by atoms with Crippen LogP contribution in [0.4, 0.5) is 5.69 Å². The monoisotopic (exact) mass is 306 g/mol. The smallest absolute Gasteiger partial charge is 0.408 e. The number of H-pyrrole nitrogens is 1. The maximum absolute atomic E-state index is 12.1. The highest BCUT2D eigenvalue weighted by atomic mass is 32.2. The zero-order chi connectivity index (χ0) is 15.0. The van der Waals surface area contributed by atoms with Crippen molar-refractivity contribution >= 4 is 39.6 Å². The van der Waals surface area contributed by atoms with Gasteiger partial charge in [-0.1, -0.05) is 11.8 Å². The molecule has 1 saturated heterocycles. The number of benzene rings is 1. The van der Waals surface area contributed by atoms with Crippen molar-refractivity contribution in [1.29, 1.82) is 0 Å². The average molecular weight is 306 g/mol. The molecule has 0 radical (unpaired) electrons. The number of thioether (sulfide) groups is 1. The van der Waals surface area contributed by atoms with Gasteiger partial charge >= 0.3 is 5.76 Å². The van der Waals surface area contributed by atoms with Crippen LogP contribution in [0.2, 0.25) is 0 Å². The van der Waals surface area contributed by atoms with Crippen LogP contribution in [-0.4, -0.2) is 28.3 Å². The highest BCUT2D eigenvalue weighted by Gasteiger charge is 2.31. The number of fused-ring (bicyclic) bond motifs is 1. The number of aromatic nitrogens is 1. The summed E-state index contributed by atoms with van der Waals surface area (Å²) in [5.74, 6) is 0.339. The summed E-state index contributed by atoms with van der Waals surface area (Å²) in [6.07, 6.45) is 0.440. The Bertz CT molecular complexity index is 764. The van der Waals surface area contributed by atoms with Gasteiger partial charge in [0.2, 0.25) is 5.91 Å². The van der Waals surface area contributed by atoms with Crippen molar-refractivity contribution in [3.05, 3.63) is 28.7 Å². The van der Waals surface area contributed by atoms with Crippen molar-refractivity contribution in [2.75, 3.05) is 17.2 Å². The summed E-state index contributed by atoms with van der Waals surface area (Å²) in [7, 11) is 0. The minimum absolute atomic E-state index is 0.0291. The maximum atomic E-state index is 12.1. The number of carbonyl (C=O) groups excluding carboxylic acids is 2. The number of hydrogen-bond acceptors (Lipinski definition) is 5. The third-order valence-corrected chi connectivity index (χ3v) is 4.49. The number of hydrogen-bond donors (Lipinski definition) is 1. The van der Waals surface area contributed by atoms with Crippen LogP contribution >= 0.6 is 11.8 Å². The first-order chi connectivity index (χ1) is 10.0. The zero-order valence-electron chi connectivity index (χ0n) is 11.4. The van der Waals surface area contributed by atoms with Gasteiger partial charge in [-0.2, -0.15) is 0 Å². The Morgan fingerprint density at radius 1 is 1.48 bits per heavy atom. The molecule has 1 atom stereocenters. The number of nitrogens with zero attached hydrogens (tertiary/aromatic N) is 1. The van der Waals surface area contributed by atoms with Gasteiger partial charge in [-0.25, -0.2) is 4.79 Å². The summed E-state index contributed by atoms with van der Waals surface area (Å²) < 4.78 is 5.01. The van der Waals surface area contributed by atoms with Crippen LogP contribution in [0.1, 0.15) is 13.3 Å². The average Bonchev–Trinajstić information content (AvgIpc) is 2.97. The molecule has 110 valence electrons. The van der Waals surface area contributed by atoms with E-state index in [1.165, 1.54) is 18.7 Å². The predicted octanol–water partition coefficient (Wildman–Crippen LogP) is 1.75. The Morgan fingerprint density at radius 3 is 3.05 bits per heavy atom. The fraction of sp³-hybridized carbons (Fsp3) is 0.357. The van der Waals surface area contributed by atoms with Gasteiger partial charge in [0.05, 0.1) is 5.52 Å². The van der Waals surface area contributed by atoms with Gasteiger partial charge in [-0.05, 0) is 18.1 Å². The molecule has 1 amide bonds. The van der Waals surface area contributed by atoms with Gasteiger partial charge in [0.25, 0.3) is 0 Å². The molecule has 1 aromatic carbocycles. The standard InChI is InChI=1S/C14H14N2O4S/c1-8(17)21-7-9-4-13(18)16(6-9)10-2-3-11-12(5-10)20-14(19)15-11/h2-3,5,9H,4,6-7H2,1H3,(H,15,19). The van der Waals surface area contributed by atoms with Gasteiger partial charge in [-0.15, -0.1) is 0 Å². The van der Waals surface area contributed by atoms with Crippen LogP contribution in [0.3, 0.4) is 0 Å². The molecule has 0 aliphatic carbocycles. The Balaban J connectivity index is 1.80. The molecule has 1 N–H and O–H groups in total. The number of rotatable bonds is 3. The summed E-state index contributed by atoms with van der Waals surface area (Å²) in [6.45, 7) is 2.11. The lowest BCUT2D eigenvalue weighted by atomic mass is 10.1. The second-order valence-corrected chi connectivity index (χ2v) is 6.27. The van der Waals surface area contributed by atoms with Crippen LogP contribution in [0, 0.1) is 5.92 Å². The zero-order valence-corrected chi connectivity index (χ0v) is 12.2. The van der Waals surface area contributed by atoms with Crippen LogP contribution in [0.5, 0.6) is 0 Å². The van der Waals surface area contributed by atoms with Crippen LogP contribution in [0.25, 0.3) is 11.1 Å². The number of nitrogens with one attached hydrogen (secondary N) is 1. The van der Waals surface area contributed by atoms with E-state index in [4.69, 9.17) is 4.42 Å². The SMILES string of the molecule is CC(=O)SCC1CC(=O)N(c2ccc3[nH]c(=O)oc3c2)C1. The molecule has 1 aromatic heterocycles. The molecule has 21 heavy (non-hydrogen) atoms. The number of carbonyl (C=O) groups is 2. The van der Waals surface area contributed by atoms with E-state index >= 15 is 0 Å². The minimum atomic E-state index is -0.509. The van der Waals surface area contributed by atoms with Gasteiger partial charge in [0.15, 0.2) is 10.7 Å². The van der Waals surface area contributed by atoms with Crippen molar-refractivity contribution < 1.29 is 14.0 Å². The molecule has 2 aromatic rings. The summed E-state index contributed by atoms with van der Waals surface area (Å²) in [4.78, 5) is 38.5. The molecule has 7 heteroatoms. The lowest BCUT2D eigenvalue weighted by Gasteiger charge is -2.16. The quantitative estimate of drug-likeness (QED) is 0.934. The molecule has 0 spiro atoms. The molecule has 0 saturated carbocycles. The lowest BCUT2D eigenvalue weighted by molar-refractivity contribution is -0.117. The van der Waals surface area contributed by atoms with E-state index < -0.39 is 5.76 Å². The second-order valence-electron chi connectivity index (χ2n) is 5.07. The highest BCUT2D eigenvalue weighted by molar-refractivity contribution is 8.13. The molecule has 1 fully saturated rings. The maximum Gasteiger partial charge on any atom is 0.417 e. The van der Waals surface area contributed by atoms with Crippen LogP contribution in [-0.2, 0) is 9.59 Å². The van der Waals surface area contributed by atoms with Crippen molar-refractivity contribution in [2.45, 2.75) is 13.3 Å². The third kappa shape index (κ3) is 2.87. The van der Waals surface area contributed by atoms with Crippen molar-refractivity contribution in [3.63, 3.8) is 0 Å². The van der Waals surface area contributed by atoms with Crippen LogP contribution in [0.15, 0.2) is 27.4 Å². The fourth-order valence-corrected chi connectivity index (χ4v) is 3.17. The lowest BCUT2D eigenvalue weighted by Crippen LogP contribution is -2.24. The predicted molar refractivity (Wildman–Crippen MR) is 80.4 cm³/mol. The van der Waals surface area contributed by atoms with Crippen molar-refractivity contribution in [2.24, 2.45) is 5.92 Å². The van der Waals surface area contributed by atoms with E-state index in [2.05, 4.69) is 4.98 Å². The normalized spacial score (nSPS) is 18.6. The molecule has 1 aliphatic rings. The fourth-order valence-electron chi connectivity index (χ4n) is 2.48. The molecule has 3 rings (SSSR count). The number of aromatic amines is 1. The summed E-state index contributed by atoms with van der Waals surface area (Å²) in [6, 6.07) is 5.19. The number of oxazole rings is 1. The summed E-state index contributed by atoms with van der Waals surface area (Å²) in [5, 5.41) is 0.0661. The first-order valence-corrected chi connectivity index (χ1v) is 7.58. The Hall–Kier alpha value is -2.02. The Kier molecular flexibility index (Phi) is 3.59. The van der Waals surface area contributed by atoms with Gasteiger partial charge in [0, 0.05) is 37.4 Å². The molecule has 2 heterocycles. The van der Waals surface area contributed by atoms with Gasteiger partial charge in [-0.3, -0.25) is 14.6 Å². The largest absolute Gasteiger partial charge is 0.417 e. The Labute approximate surface area is 124 Å². The first-order valence-electron chi connectivity index (χ1n) is 6.59. The highest BCUT2D eigenvalue weighted by Crippen LogP contribution is 2.29. The number of anilines is 1. The van der Waals surface area contributed by atoms with Crippen molar-refractivity contribution in [3.8, 4) is 0 Å². The minimum Gasteiger partial charge on any atom is -0.408 e. The van der Waals surface area contributed by atoms with Gasteiger partial charge in [0.1, 0.15) is 0 Å². The van der Waals surface area contributed by atoms with E-state index in [1.807, 2.05) is 0 Å². The first kappa shape index (κ1) is 13.9. The number of amides is 1. The second kappa shape index (κ2) is 5.40. The van der Waals surface area contributed by atoms with Crippen LogP contribution < -0.4 is 10.7 Å². The molecule has 1 aliphatic heterocycles. The topological polar surface area (TPSA) is 83.4 Å². The van der Waals surface area contributed by atoms with Crippen molar-refractivity contribution in [1.82, 2.24) is 4.98 Å². The molecule has 1 unspecified atom stereocenters. The van der Waals surface area contributed by atoms with E-state index in [0.29, 0.717) is 35.5 Å². The molecule has 6 nitrogen and oxygen atoms in total. The molecule has 0 bridgehead atoms. The van der Waals surface area contributed by atoms with E-state index in [1.54, 1.807) is 23.1 Å². The molecular formula is C14H14N2O4S.